The largest absolute Gasteiger partial charge is 0.573 e. The van der Waals surface area contributed by atoms with Crippen LogP contribution in [0.25, 0.3) is 0 Å². The average molecular weight is 529 g/mol. The zero-order chi connectivity index (χ0) is 29.0. The maximum Gasteiger partial charge on any atom is 0.573 e. The molecule has 5 heteroatoms. The lowest BCUT2D eigenvalue weighted by molar-refractivity contribution is -0.303. The molecule has 0 aliphatic rings. The molecule has 214 valence electrons. The average Bonchev–Trinajstić information content (AvgIpc) is 2.80. The van der Waals surface area contributed by atoms with E-state index in [1.165, 1.54) is 6.08 Å². The second-order valence-electron chi connectivity index (χ2n) is 11.7. The van der Waals surface area contributed by atoms with Crippen molar-refractivity contribution in [1.82, 2.24) is 0 Å². The van der Waals surface area contributed by atoms with Crippen molar-refractivity contribution in [2.45, 2.75) is 107 Å². The summed E-state index contributed by atoms with van der Waals surface area (Å²) in [5.41, 5.74) is 1.04. The van der Waals surface area contributed by atoms with Gasteiger partial charge in [0.05, 0.1) is 0 Å². The molecule has 37 heavy (non-hydrogen) atoms. The van der Waals surface area contributed by atoms with E-state index in [0.717, 1.165) is 44.1 Å². The van der Waals surface area contributed by atoms with Crippen LogP contribution in [0.2, 0.25) is 0 Å². The first-order valence-electron chi connectivity index (χ1n) is 13.8. The van der Waals surface area contributed by atoms with Crippen LogP contribution in [0.1, 0.15) is 101 Å². The molecule has 0 fully saturated rings. The maximum absolute atomic E-state index is 14.8. The molecule has 0 aromatic rings. The van der Waals surface area contributed by atoms with Gasteiger partial charge in [0, 0.05) is 5.57 Å². The van der Waals surface area contributed by atoms with Crippen LogP contribution in [0.5, 0.6) is 0 Å². The summed E-state index contributed by atoms with van der Waals surface area (Å²) >= 11 is 0. The highest BCUT2D eigenvalue weighted by molar-refractivity contribution is 5.40. The molecule has 5 atom stereocenters. The van der Waals surface area contributed by atoms with Gasteiger partial charge in [0.15, 0.2) is 0 Å². The Labute approximate surface area is 224 Å². The Bertz CT molecular complexity index is 800. The fourth-order valence-electron chi connectivity index (χ4n) is 4.02. The first-order chi connectivity index (χ1) is 16.9. The van der Waals surface area contributed by atoms with Gasteiger partial charge in [0.1, 0.15) is 11.6 Å². The number of hydrogen-bond acceptors (Lipinski definition) is 1. The molecular formula is C32H52F4O. The van der Waals surface area contributed by atoms with Crippen LogP contribution in [-0.2, 0) is 4.74 Å². The number of allylic oxidation sites excluding steroid dienone is 7. The fraction of sp³-hybridized carbons (Fsp3) is 0.688. The van der Waals surface area contributed by atoms with Gasteiger partial charge in [-0.15, -0.1) is 13.2 Å². The molecule has 0 saturated carbocycles. The van der Waals surface area contributed by atoms with E-state index >= 15 is 0 Å². The summed E-state index contributed by atoms with van der Waals surface area (Å²) in [6.45, 7) is 26.2. The number of alkyl halides is 3. The van der Waals surface area contributed by atoms with Crippen LogP contribution < -0.4 is 0 Å². The molecule has 0 radical (unpaired) electrons. The Balaban J connectivity index is 4.86. The smallest absolute Gasteiger partial charge is 0.406 e. The van der Waals surface area contributed by atoms with Gasteiger partial charge in [-0.1, -0.05) is 106 Å². The van der Waals surface area contributed by atoms with Gasteiger partial charge in [-0.2, -0.15) is 0 Å². The number of hydrogen-bond donors (Lipinski definition) is 0. The van der Waals surface area contributed by atoms with Crippen LogP contribution in [-0.4, -0.2) is 6.36 Å². The fourth-order valence-corrected chi connectivity index (χ4v) is 4.02. The van der Waals surface area contributed by atoms with E-state index in [4.69, 9.17) is 0 Å². The molecule has 0 aromatic carbocycles. The molecule has 0 heterocycles. The van der Waals surface area contributed by atoms with E-state index in [1.807, 2.05) is 20.8 Å². The Hall–Kier alpha value is -1.78. The molecule has 0 aliphatic carbocycles. The van der Waals surface area contributed by atoms with Crippen LogP contribution in [0.15, 0.2) is 60.2 Å². The van der Waals surface area contributed by atoms with Crippen LogP contribution in [0.3, 0.4) is 0 Å². The van der Waals surface area contributed by atoms with Crippen LogP contribution in [0.4, 0.5) is 17.6 Å². The summed E-state index contributed by atoms with van der Waals surface area (Å²) < 4.78 is 55.7. The van der Waals surface area contributed by atoms with Gasteiger partial charge in [-0.25, -0.2) is 4.39 Å². The molecule has 0 bridgehead atoms. The van der Waals surface area contributed by atoms with Crippen molar-refractivity contribution in [3.05, 3.63) is 60.2 Å². The third kappa shape index (κ3) is 14.7. The van der Waals surface area contributed by atoms with E-state index in [1.54, 1.807) is 12.2 Å². The van der Waals surface area contributed by atoms with Crippen molar-refractivity contribution in [3.8, 4) is 0 Å². The lowest BCUT2D eigenvalue weighted by Gasteiger charge is -2.30. The standard InChI is InChI=1S/C32H52F4O/c1-12-13-14-22(2)26(6)21-30(33)29(9)25(5)16-15-23(3)24(4)17-18-27(7)31(10,11)20-19-28(8)37-32(34,35)36/h16,19-24,26-27H,8-9,12-15,17-18H2,1-7,10-11H3/b20-19-,25-16+,30-21+. The second kappa shape index (κ2) is 16.2. The third-order valence-corrected chi connectivity index (χ3v) is 8.12. The van der Waals surface area contributed by atoms with Crippen molar-refractivity contribution in [1.29, 1.82) is 0 Å². The van der Waals surface area contributed by atoms with Gasteiger partial charge >= 0.3 is 6.36 Å². The highest BCUT2D eigenvalue weighted by atomic mass is 19.4. The first-order valence-corrected chi connectivity index (χ1v) is 13.8. The SMILES string of the molecule is C=C(/C=C\C(C)(C)C(C)CCC(C)C(C)C/C=C(\C)C(=C)/C(F)=C\C(C)C(C)CCCC)OC(F)(F)F. The highest BCUT2D eigenvalue weighted by Crippen LogP contribution is 2.35. The van der Waals surface area contributed by atoms with E-state index < -0.39 is 12.1 Å². The molecule has 0 N–H and O–H groups in total. The van der Waals surface area contributed by atoms with Crippen molar-refractivity contribution >= 4 is 0 Å². The zero-order valence-electron chi connectivity index (χ0n) is 24.8. The van der Waals surface area contributed by atoms with Gasteiger partial charge < -0.3 is 4.74 Å². The minimum atomic E-state index is -4.73. The molecule has 0 aromatic heterocycles. The van der Waals surface area contributed by atoms with Crippen LogP contribution in [0, 0.1) is 35.0 Å². The van der Waals surface area contributed by atoms with Gasteiger partial charge in [0.25, 0.3) is 0 Å². The van der Waals surface area contributed by atoms with Gasteiger partial charge in [-0.3, -0.25) is 0 Å². The molecule has 0 saturated heterocycles. The molecular weight excluding hydrogens is 476 g/mol. The summed E-state index contributed by atoms with van der Waals surface area (Å²) in [6.07, 6.45) is 8.32. The highest BCUT2D eigenvalue weighted by Gasteiger charge is 2.31. The van der Waals surface area contributed by atoms with Crippen molar-refractivity contribution < 1.29 is 22.3 Å². The molecule has 0 rings (SSSR count). The predicted molar refractivity (Wildman–Crippen MR) is 150 cm³/mol. The summed E-state index contributed by atoms with van der Waals surface area (Å²) in [5.74, 6) is 1.10. The molecule has 0 amide bonds. The van der Waals surface area contributed by atoms with Gasteiger partial charge in [0.2, 0.25) is 0 Å². The minimum Gasteiger partial charge on any atom is -0.406 e. The summed E-state index contributed by atoms with van der Waals surface area (Å²) in [5, 5.41) is 0. The predicted octanol–water partition coefficient (Wildman–Crippen LogP) is 11.5. The van der Waals surface area contributed by atoms with E-state index in [0.29, 0.717) is 23.3 Å². The van der Waals surface area contributed by atoms with Crippen molar-refractivity contribution in [2.75, 3.05) is 0 Å². The van der Waals surface area contributed by atoms with E-state index in [9.17, 15) is 17.6 Å². The Kier molecular flexibility index (Phi) is 15.5. The maximum atomic E-state index is 14.8. The van der Waals surface area contributed by atoms with Crippen molar-refractivity contribution in [3.63, 3.8) is 0 Å². The van der Waals surface area contributed by atoms with Crippen molar-refractivity contribution in [2.24, 2.45) is 35.0 Å². The number of unbranched alkanes of at least 4 members (excludes halogenated alkanes) is 1. The molecule has 0 spiro atoms. The molecule has 5 unspecified atom stereocenters. The minimum absolute atomic E-state index is 0.173. The Morgan fingerprint density at radius 2 is 1.51 bits per heavy atom. The van der Waals surface area contributed by atoms with Gasteiger partial charge in [-0.05, 0) is 72.5 Å². The van der Waals surface area contributed by atoms with E-state index in [2.05, 4.69) is 65.5 Å². The summed E-state index contributed by atoms with van der Waals surface area (Å²) in [7, 11) is 0. The summed E-state index contributed by atoms with van der Waals surface area (Å²) in [4.78, 5) is 0. The zero-order valence-corrected chi connectivity index (χ0v) is 24.8. The number of halogens is 4. The quantitative estimate of drug-likeness (QED) is 0.104. The lowest BCUT2D eigenvalue weighted by atomic mass is 9.75. The normalized spacial score (nSPS) is 17.9. The molecule has 0 aliphatic heterocycles. The number of rotatable bonds is 17. The second-order valence-corrected chi connectivity index (χ2v) is 11.7. The lowest BCUT2D eigenvalue weighted by Crippen LogP contribution is -2.21. The van der Waals surface area contributed by atoms with Crippen LogP contribution >= 0.6 is 0 Å². The first kappa shape index (κ1) is 35.2. The Morgan fingerprint density at radius 3 is 2.05 bits per heavy atom. The Morgan fingerprint density at radius 1 is 0.919 bits per heavy atom. The summed E-state index contributed by atoms with van der Waals surface area (Å²) in [6, 6.07) is 0. The topological polar surface area (TPSA) is 9.23 Å². The monoisotopic (exact) mass is 528 g/mol. The number of ether oxygens (including phenoxy) is 1. The molecule has 1 nitrogen and oxygen atoms in total. The van der Waals surface area contributed by atoms with E-state index in [-0.39, 0.29) is 23.1 Å². The third-order valence-electron chi connectivity index (χ3n) is 8.12.